The monoisotopic (exact) mass is 451 g/mol. The van der Waals surface area contributed by atoms with Crippen molar-refractivity contribution in [1.29, 1.82) is 0 Å². The average Bonchev–Trinajstić information content (AvgIpc) is 2.70. The molecular weight excluding hydrogens is 438 g/mol. The first-order chi connectivity index (χ1) is 14.0. The Bertz CT molecular complexity index is 1210. The van der Waals surface area contributed by atoms with Crippen molar-refractivity contribution >= 4 is 44.0 Å². The summed E-state index contributed by atoms with van der Waals surface area (Å²) >= 11 is 3.34. The fraction of sp³-hybridized carbons (Fsp3) is 0.0500. The first kappa shape index (κ1) is 18.8. The van der Waals surface area contributed by atoms with Gasteiger partial charge in [-0.3, -0.25) is 15.1 Å². The van der Waals surface area contributed by atoms with Gasteiger partial charge in [0.2, 0.25) is 5.82 Å². The van der Waals surface area contributed by atoms with E-state index in [4.69, 9.17) is 4.74 Å². The van der Waals surface area contributed by atoms with Crippen LogP contribution in [0.3, 0.4) is 0 Å². The number of fused-ring (bicyclic) bond motifs is 1. The van der Waals surface area contributed by atoms with Gasteiger partial charge in [-0.2, -0.15) is 4.98 Å². The Hall–Kier alpha value is -3.59. The molecule has 0 unspecified atom stereocenters. The number of benzene rings is 2. The van der Waals surface area contributed by atoms with Gasteiger partial charge in [0, 0.05) is 15.6 Å². The standard InChI is InChI=1S/C20H14BrN5O3/c1-12-5-6-13-3-2-4-16(17(13)24-12)25-19-18(26(27)28)20(23-11-22-19)29-15-9-7-14(21)8-10-15/h2-11H,1H3,(H,22,23,25). The number of ether oxygens (including phenoxy) is 1. The lowest BCUT2D eigenvalue weighted by atomic mass is 10.1. The molecule has 2 heterocycles. The number of hydrogen-bond acceptors (Lipinski definition) is 7. The molecule has 0 saturated carbocycles. The van der Waals surface area contributed by atoms with Crippen molar-refractivity contribution in [3.05, 3.63) is 81.2 Å². The number of nitro groups is 1. The minimum atomic E-state index is -0.569. The fourth-order valence-electron chi connectivity index (χ4n) is 2.78. The summed E-state index contributed by atoms with van der Waals surface area (Å²) in [5.74, 6) is 0.288. The fourth-order valence-corrected chi connectivity index (χ4v) is 3.05. The van der Waals surface area contributed by atoms with Crippen LogP contribution in [0.4, 0.5) is 17.2 Å². The van der Waals surface area contributed by atoms with Crippen molar-refractivity contribution in [1.82, 2.24) is 15.0 Å². The SMILES string of the molecule is Cc1ccc2cccc(Nc3ncnc(Oc4ccc(Br)cc4)c3[N+](=O)[O-])c2n1. The summed E-state index contributed by atoms with van der Waals surface area (Å²) in [6.45, 7) is 1.88. The average molecular weight is 452 g/mol. The predicted molar refractivity (Wildman–Crippen MR) is 113 cm³/mol. The summed E-state index contributed by atoms with van der Waals surface area (Å²) in [4.78, 5) is 23.8. The van der Waals surface area contributed by atoms with Gasteiger partial charge in [-0.05, 0) is 43.3 Å². The Morgan fingerprint density at radius 2 is 1.86 bits per heavy atom. The number of hydrogen-bond donors (Lipinski definition) is 1. The van der Waals surface area contributed by atoms with Gasteiger partial charge in [0.15, 0.2) is 0 Å². The normalized spacial score (nSPS) is 10.7. The number of rotatable bonds is 5. The van der Waals surface area contributed by atoms with Crippen molar-refractivity contribution < 1.29 is 9.66 Å². The second-order valence-electron chi connectivity index (χ2n) is 6.14. The maximum absolute atomic E-state index is 11.8. The molecule has 144 valence electrons. The first-order valence-electron chi connectivity index (χ1n) is 8.57. The molecule has 1 N–H and O–H groups in total. The van der Waals surface area contributed by atoms with E-state index in [1.807, 2.05) is 31.2 Å². The summed E-state index contributed by atoms with van der Waals surface area (Å²) in [6.07, 6.45) is 1.22. The van der Waals surface area contributed by atoms with E-state index in [1.54, 1.807) is 30.3 Å². The second-order valence-corrected chi connectivity index (χ2v) is 7.06. The first-order valence-corrected chi connectivity index (χ1v) is 9.37. The highest BCUT2D eigenvalue weighted by atomic mass is 79.9. The van der Waals surface area contributed by atoms with Gasteiger partial charge in [-0.15, -0.1) is 0 Å². The van der Waals surface area contributed by atoms with Crippen LogP contribution in [0, 0.1) is 17.0 Å². The topological polar surface area (TPSA) is 103 Å². The molecule has 0 spiro atoms. The molecule has 0 aliphatic rings. The van der Waals surface area contributed by atoms with Crippen LogP contribution < -0.4 is 10.1 Å². The van der Waals surface area contributed by atoms with Crippen LogP contribution >= 0.6 is 15.9 Å². The van der Waals surface area contributed by atoms with Gasteiger partial charge >= 0.3 is 11.6 Å². The van der Waals surface area contributed by atoms with Crippen LogP contribution in [0.2, 0.25) is 0 Å². The van der Waals surface area contributed by atoms with Crippen molar-refractivity contribution in [3.63, 3.8) is 0 Å². The maximum Gasteiger partial charge on any atom is 0.373 e. The van der Waals surface area contributed by atoms with Crippen molar-refractivity contribution in [2.24, 2.45) is 0 Å². The summed E-state index contributed by atoms with van der Waals surface area (Å²) < 4.78 is 6.51. The predicted octanol–water partition coefficient (Wildman–Crippen LogP) is 5.54. The van der Waals surface area contributed by atoms with E-state index in [-0.39, 0.29) is 17.4 Å². The zero-order chi connectivity index (χ0) is 20.4. The smallest absolute Gasteiger partial charge is 0.373 e. The molecule has 9 heteroatoms. The van der Waals surface area contributed by atoms with Crippen molar-refractivity contribution in [3.8, 4) is 11.6 Å². The van der Waals surface area contributed by atoms with Gasteiger partial charge in [0.25, 0.3) is 0 Å². The van der Waals surface area contributed by atoms with Crippen molar-refractivity contribution in [2.75, 3.05) is 5.32 Å². The second kappa shape index (κ2) is 7.80. The van der Waals surface area contributed by atoms with Gasteiger partial charge < -0.3 is 10.1 Å². The number of aromatic nitrogens is 3. The van der Waals surface area contributed by atoms with Crippen LogP contribution in [0.25, 0.3) is 10.9 Å². The number of anilines is 2. The van der Waals surface area contributed by atoms with E-state index in [9.17, 15) is 10.1 Å². The van der Waals surface area contributed by atoms with E-state index < -0.39 is 4.92 Å². The van der Waals surface area contributed by atoms with Crippen LogP contribution in [0.5, 0.6) is 11.6 Å². The van der Waals surface area contributed by atoms with Gasteiger partial charge in [0.05, 0.1) is 16.1 Å². The lowest BCUT2D eigenvalue weighted by Crippen LogP contribution is -2.04. The van der Waals surface area contributed by atoms with E-state index in [0.29, 0.717) is 17.0 Å². The maximum atomic E-state index is 11.8. The molecule has 0 amide bonds. The minimum absolute atomic E-state index is 0.0212. The number of aryl methyl sites for hydroxylation is 1. The molecule has 0 atom stereocenters. The number of nitrogens with zero attached hydrogens (tertiary/aromatic N) is 4. The highest BCUT2D eigenvalue weighted by molar-refractivity contribution is 9.10. The molecule has 0 bridgehead atoms. The largest absolute Gasteiger partial charge is 0.434 e. The molecule has 8 nitrogen and oxygen atoms in total. The van der Waals surface area contributed by atoms with Gasteiger partial charge in [-0.1, -0.05) is 34.1 Å². The number of nitrogens with one attached hydrogen (secondary N) is 1. The van der Waals surface area contributed by atoms with Crippen LogP contribution in [0.15, 0.2) is 65.4 Å². The molecule has 2 aromatic carbocycles. The zero-order valence-electron chi connectivity index (χ0n) is 15.2. The van der Waals surface area contributed by atoms with Crippen LogP contribution in [-0.4, -0.2) is 19.9 Å². The van der Waals surface area contributed by atoms with Gasteiger partial charge in [-0.25, -0.2) is 4.98 Å². The molecule has 0 saturated heterocycles. The van der Waals surface area contributed by atoms with Crippen LogP contribution in [0.1, 0.15) is 5.69 Å². The molecule has 2 aromatic heterocycles. The number of pyridine rings is 1. The van der Waals surface area contributed by atoms with E-state index in [2.05, 4.69) is 36.2 Å². The molecule has 0 radical (unpaired) electrons. The quantitative estimate of drug-likeness (QED) is 0.313. The highest BCUT2D eigenvalue weighted by Gasteiger charge is 2.25. The molecule has 0 aliphatic heterocycles. The van der Waals surface area contributed by atoms with E-state index in [0.717, 1.165) is 15.6 Å². The molecule has 0 aliphatic carbocycles. The molecule has 0 fully saturated rings. The Labute approximate surface area is 173 Å². The lowest BCUT2D eigenvalue weighted by Gasteiger charge is -2.11. The van der Waals surface area contributed by atoms with Gasteiger partial charge in [0.1, 0.15) is 12.1 Å². The zero-order valence-corrected chi connectivity index (χ0v) is 16.8. The Kier molecular flexibility index (Phi) is 5.05. The molecule has 29 heavy (non-hydrogen) atoms. The third kappa shape index (κ3) is 3.99. The summed E-state index contributed by atoms with van der Waals surface area (Å²) in [7, 11) is 0. The minimum Gasteiger partial charge on any atom is -0.434 e. The van der Waals surface area contributed by atoms with E-state index in [1.165, 1.54) is 6.33 Å². The third-order valence-corrected chi connectivity index (χ3v) is 4.64. The summed E-state index contributed by atoms with van der Waals surface area (Å²) in [5.41, 5.74) is 1.77. The molecule has 4 rings (SSSR count). The summed E-state index contributed by atoms with van der Waals surface area (Å²) in [5, 5.41) is 15.7. The van der Waals surface area contributed by atoms with Crippen LogP contribution in [-0.2, 0) is 0 Å². The Morgan fingerprint density at radius 1 is 1.07 bits per heavy atom. The lowest BCUT2D eigenvalue weighted by molar-refractivity contribution is -0.385. The summed E-state index contributed by atoms with van der Waals surface area (Å²) in [6, 6.07) is 16.3. The molecule has 4 aromatic rings. The highest BCUT2D eigenvalue weighted by Crippen LogP contribution is 2.36. The number of para-hydroxylation sites is 1. The van der Waals surface area contributed by atoms with E-state index >= 15 is 0 Å². The molecular formula is C20H14BrN5O3. The Balaban J connectivity index is 1.76. The Morgan fingerprint density at radius 3 is 2.62 bits per heavy atom. The van der Waals surface area contributed by atoms with Crippen molar-refractivity contribution in [2.45, 2.75) is 6.92 Å². The number of halogens is 1. The third-order valence-electron chi connectivity index (χ3n) is 4.11.